The average Bonchev–Trinajstić information content (AvgIpc) is 2.35. The maximum Gasteiger partial charge on any atom is 0.219 e. The Balaban J connectivity index is 3.42. The molecule has 1 N–H and O–H groups in total. The number of nitrogens with one attached hydrogen (secondary N) is 1. The van der Waals surface area contributed by atoms with E-state index in [1.807, 2.05) is 6.92 Å². The maximum atomic E-state index is 12.3. The SMILES string of the molecule is CNC(SC)=C(C#N)S(=O)(=O)c1ccc(C)cc1. The summed E-state index contributed by atoms with van der Waals surface area (Å²) in [6, 6.07) is 8.20. The zero-order chi connectivity index (χ0) is 13.8. The summed E-state index contributed by atoms with van der Waals surface area (Å²) < 4.78 is 24.6. The molecule has 0 fully saturated rings. The summed E-state index contributed by atoms with van der Waals surface area (Å²) in [5.41, 5.74) is 0.968. The summed E-state index contributed by atoms with van der Waals surface area (Å²) in [5, 5.41) is 12.1. The lowest BCUT2D eigenvalue weighted by atomic mass is 10.2. The van der Waals surface area contributed by atoms with Gasteiger partial charge in [-0.05, 0) is 25.3 Å². The molecule has 1 aromatic carbocycles. The zero-order valence-corrected chi connectivity index (χ0v) is 12.0. The Labute approximate surface area is 112 Å². The molecule has 18 heavy (non-hydrogen) atoms. The van der Waals surface area contributed by atoms with Gasteiger partial charge >= 0.3 is 0 Å². The molecule has 0 aliphatic heterocycles. The van der Waals surface area contributed by atoms with Crippen molar-refractivity contribution in [3.8, 4) is 6.07 Å². The number of allylic oxidation sites excluding steroid dienone is 1. The Hall–Kier alpha value is -1.45. The number of sulfone groups is 1. The van der Waals surface area contributed by atoms with Crippen LogP contribution in [0.5, 0.6) is 0 Å². The highest BCUT2D eigenvalue weighted by Gasteiger charge is 2.24. The number of nitriles is 1. The third kappa shape index (κ3) is 2.86. The van der Waals surface area contributed by atoms with Gasteiger partial charge in [-0.15, -0.1) is 11.8 Å². The molecule has 0 aliphatic rings. The van der Waals surface area contributed by atoms with Crippen molar-refractivity contribution in [3.63, 3.8) is 0 Å². The minimum absolute atomic E-state index is 0.131. The normalized spacial score (nSPS) is 12.6. The van der Waals surface area contributed by atoms with Crippen LogP contribution in [-0.4, -0.2) is 21.7 Å². The Morgan fingerprint density at radius 1 is 1.33 bits per heavy atom. The molecule has 1 rings (SSSR count). The summed E-state index contributed by atoms with van der Waals surface area (Å²) >= 11 is 1.19. The molecule has 6 heteroatoms. The van der Waals surface area contributed by atoms with Crippen molar-refractivity contribution in [1.82, 2.24) is 5.32 Å². The van der Waals surface area contributed by atoms with Crippen molar-refractivity contribution in [3.05, 3.63) is 39.8 Å². The smallest absolute Gasteiger partial charge is 0.219 e. The van der Waals surface area contributed by atoms with Crippen LogP contribution in [0, 0.1) is 18.3 Å². The van der Waals surface area contributed by atoms with E-state index in [1.54, 1.807) is 31.5 Å². The lowest BCUT2D eigenvalue weighted by Gasteiger charge is -2.08. The topological polar surface area (TPSA) is 70.0 Å². The predicted octanol–water partition coefficient (Wildman–Crippen LogP) is 2.04. The molecule has 0 bridgehead atoms. The van der Waals surface area contributed by atoms with Crippen LogP contribution in [0.15, 0.2) is 39.1 Å². The number of hydrogen-bond donors (Lipinski definition) is 1. The minimum atomic E-state index is -3.76. The molecule has 0 aromatic heterocycles. The van der Waals surface area contributed by atoms with Crippen molar-refractivity contribution in [1.29, 1.82) is 5.26 Å². The first-order valence-corrected chi connectivity index (χ1v) is 7.86. The summed E-state index contributed by atoms with van der Waals surface area (Å²) in [6.45, 7) is 1.87. The molecular formula is C12H14N2O2S2. The lowest BCUT2D eigenvalue weighted by Crippen LogP contribution is -2.12. The summed E-state index contributed by atoms with van der Waals surface area (Å²) in [4.78, 5) is -0.118. The molecule has 0 spiro atoms. The van der Waals surface area contributed by atoms with Crippen LogP contribution in [0.4, 0.5) is 0 Å². The standard InChI is InChI=1S/C12H14N2O2S2/c1-9-4-6-10(7-5-9)18(15,16)11(8-13)12(14-2)17-3/h4-7,14H,1-3H3. The van der Waals surface area contributed by atoms with Gasteiger partial charge in [-0.25, -0.2) is 8.42 Å². The van der Waals surface area contributed by atoms with Crippen molar-refractivity contribution in [2.45, 2.75) is 11.8 Å². The van der Waals surface area contributed by atoms with E-state index in [9.17, 15) is 8.42 Å². The Kier molecular flexibility index (Phi) is 4.82. The molecular weight excluding hydrogens is 268 g/mol. The average molecular weight is 282 g/mol. The van der Waals surface area contributed by atoms with E-state index in [0.29, 0.717) is 5.03 Å². The van der Waals surface area contributed by atoms with Crippen molar-refractivity contribution in [2.24, 2.45) is 0 Å². The quantitative estimate of drug-likeness (QED) is 0.856. The number of nitrogens with zero attached hydrogens (tertiary/aromatic N) is 1. The highest BCUT2D eigenvalue weighted by atomic mass is 32.2. The maximum absolute atomic E-state index is 12.3. The fraction of sp³-hybridized carbons (Fsp3) is 0.250. The number of benzene rings is 1. The van der Waals surface area contributed by atoms with E-state index in [1.165, 1.54) is 23.9 Å². The molecule has 0 unspecified atom stereocenters. The van der Waals surface area contributed by atoms with Gasteiger partial charge in [0.1, 0.15) is 6.07 Å². The van der Waals surface area contributed by atoms with E-state index in [4.69, 9.17) is 5.26 Å². The summed E-state index contributed by atoms with van der Waals surface area (Å²) in [6.07, 6.45) is 1.72. The van der Waals surface area contributed by atoms with Gasteiger partial charge in [0.15, 0.2) is 4.91 Å². The van der Waals surface area contributed by atoms with Gasteiger partial charge in [-0.2, -0.15) is 5.26 Å². The molecule has 1 aromatic rings. The third-order valence-corrected chi connectivity index (χ3v) is 5.01. The second kappa shape index (κ2) is 5.94. The highest BCUT2D eigenvalue weighted by Crippen LogP contribution is 2.24. The van der Waals surface area contributed by atoms with Gasteiger partial charge in [0.05, 0.1) is 9.92 Å². The first-order valence-electron chi connectivity index (χ1n) is 5.15. The number of rotatable bonds is 4. The minimum Gasteiger partial charge on any atom is -0.381 e. The second-order valence-corrected chi connectivity index (χ2v) is 6.24. The Bertz CT molecular complexity index is 590. The van der Waals surface area contributed by atoms with Crippen LogP contribution >= 0.6 is 11.8 Å². The number of thioether (sulfide) groups is 1. The molecule has 0 heterocycles. The molecule has 0 saturated heterocycles. The van der Waals surface area contributed by atoms with Crippen molar-refractivity contribution >= 4 is 21.6 Å². The van der Waals surface area contributed by atoms with Crippen molar-refractivity contribution < 1.29 is 8.42 Å². The van der Waals surface area contributed by atoms with Gasteiger partial charge in [0.25, 0.3) is 0 Å². The monoisotopic (exact) mass is 282 g/mol. The van der Waals surface area contributed by atoms with Gasteiger partial charge in [0.2, 0.25) is 9.84 Å². The van der Waals surface area contributed by atoms with E-state index >= 15 is 0 Å². The van der Waals surface area contributed by atoms with E-state index < -0.39 is 9.84 Å². The molecule has 4 nitrogen and oxygen atoms in total. The third-order valence-electron chi connectivity index (χ3n) is 2.34. The van der Waals surface area contributed by atoms with Gasteiger partial charge < -0.3 is 5.32 Å². The molecule has 0 radical (unpaired) electrons. The largest absolute Gasteiger partial charge is 0.381 e. The summed E-state index contributed by atoms with van der Waals surface area (Å²) in [7, 11) is -2.17. The predicted molar refractivity (Wildman–Crippen MR) is 73.6 cm³/mol. The van der Waals surface area contributed by atoms with Gasteiger partial charge in [-0.1, -0.05) is 17.7 Å². The Morgan fingerprint density at radius 2 is 1.89 bits per heavy atom. The van der Waals surface area contributed by atoms with E-state index in [2.05, 4.69) is 5.32 Å². The van der Waals surface area contributed by atoms with Crippen LogP contribution < -0.4 is 5.32 Å². The number of hydrogen-bond acceptors (Lipinski definition) is 5. The van der Waals surface area contributed by atoms with Crippen LogP contribution in [0.2, 0.25) is 0 Å². The summed E-state index contributed by atoms with van der Waals surface area (Å²) in [5.74, 6) is 0. The van der Waals surface area contributed by atoms with Crippen LogP contribution in [0.3, 0.4) is 0 Å². The molecule has 96 valence electrons. The lowest BCUT2D eigenvalue weighted by molar-refractivity contribution is 0.602. The fourth-order valence-corrected chi connectivity index (χ4v) is 3.59. The highest BCUT2D eigenvalue weighted by molar-refractivity contribution is 8.04. The molecule has 0 amide bonds. The molecule has 0 atom stereocenters. The van der Waals surface area contributed by atoms with E-state index in [0.717, 1.165) is 5.56 Å². The van der Waals surface area contributed by atoms with Crippen LogP contribution in [-0.2, 0) is 9.84 Å². The first kappa shape index (κ1) is 14.6. The van der Waals surface area contributed by atoms with Gasteiger partial charge in [-0.3, -0.25) is 0 Å². The second-order valence-electron chi connectivity index (χ2n) is 3.54. The van der Waals surface area contributed by atoms with Crippen LogP contribution in [0.1, 0.15) is 5.56 Å². The first-order chi connectivity index (χ1) is 8.47. The van der Waals surface area contributed by atoms with Crippen molar-refractivity contribution in [2.75, 3.05) is 13.3 Å². The van der Waals surface area contributed by atoms with E-state index in [-0.39, 0.29) is 9.80 Å². The number of aryl methyl sites for hydroxylation is 1. The van der Waals surface area contributed by atoms with Crippen LogP contribution in [0.25, 0.3) is 0 Å². The van der Waals surface area contributed by atoms with Gasteiger partial charge in [0, 0.05) is 7.05 Å². The zero-order valence-electron chi connectivity index (χ0n) is 10.4. The fourth-order valence-electron chi connectivity index (χ4n) is 1.38. The molecule has 0 aliphatic carbocycles. The molecule has 0 saturated carbocycles. The Morgan fingerprint density at radius 3 is 2.28 bits per heavy atom.